The molecule has 0 spiro atoms. The number of hydrogen-bond acceptors (Lipinski definition) is 2. The van der Waals surface area contributed by atoms with E-state index in [1.54, 1.807) is 6.92 Å². The normalized spacial score (nSPS) is 14.0. The van der Waals surface area contributed by atoms with E-state index in [1.165, 1.54) is 0 Å². The molecule has 0 amide bonds. The highest BCUT2D eigenvalue weighted by molar-refractivity contribution is 5.66. The van der Waals surface area contributed by atoms with Crippen LogP contribution in [-0.2, 0) is 9.53 Å². The van der Waals surface area contributed by atoms with Crippen LogP contribution in [0, 0.1) is 0 Å². The number of ether oxygens (including phenoxy) is 1. The van der Waals surface area contributed by atoms with Crippen molar-refractivity contribution in [2.45, 2.75) is 38.5 Å². The predicted molar refractivity (Wildman–Crippen MR) is 43.0 cm³/mol. The molecule has 0 aliphatic rings. The van der Waals surface area contributed by atoms with E-state index >= 15 is 0 Å². The van der Waals surface area contributed by atoms with Crippen LogP contribution >= 0.6 is 0 Å². The van der Waals surface area contributed by atoms with Crippen molar-refractivity contribution in [1.29, 1.82) is 0 Å². The molecule has 0 aromatic heterocycles. The van der Waals surface area contributed by atoms with Gasteiger partial charge >= 0.3 is 12.1 Å². The van der Waals surface area contributed by atoms with Gasteiger partial charge in [0.25, 0.3) is 0 Å². The highest BCUT2D eigenvalue weighted by atomic mass is 19.4. The van der Waals surface area contributed by atoms with Crippen LogP contribution in [0.4, 0.5) is 13.2 Å². The minimum atomic E-state index is -4.22. The lowest BCUT2D eigenvalue weighted by Crippen LogP contribution is -2.16. The number of aliphatic carboxylic acids is 1. The molecule has 0 saturated heterocycles. The SMILES string of the molecule is CC(CCC(=O)O)OCCC(F)(F)F. The fourth-order valence-electron chi connectivity index (χ4n) is 0.786. The first-order valence-electron chi connectivity index (χ1n) is 4.21. The van der Waals surface area contributed by atoms with Crippen molar-refractivity contribution in [3.63, 3.8) is 0 Å². The molecule has 0 fully saturated rings. The van der Waals surface area contributed by atoms with Crippen LogP contribution in [0.1, 0.15) is 26.2 Å². The number of alkyl halides is 3. The van der Waals surface area contributed by atoms with Crippen LogP contribution in [0.3, 0.4) is 0 Å². The van der Waals surface area contributed by atoms with Gasteiger partial charge in [0.2, 0.25) is 0 Å². The third-order valence-corrected chi connectivity index (χ3v) is 1.55. The van der Waals surface area contributed by atoms with Gasteiger partial charge in [0.1, 0.15) is 0 Å². The van der Waals surface area contributed by atoms with Gasteiger partial charge in [-0.1, -0.05) is 0 Å². The molecule has 1 atom stereocenters. The number of carboxylic acid groups (broad SMARTS) is 1. The molecule has 14 heavy (non-hydrogen) atoms. The quantitative estimate of drug-likeness (QED) is 0.737. The first-order chi connectivity index (χ1) is 6.31. The number of carboxylic acids is 1. The van der Waals surface area contributed by atoms with Crippen molar-refractivity contribution in [2.75, 3.05) is 6.61 Å². The van der Waals surface area contributed by atoms with E-state index in [9.17, 15) is 18.0 Å². The van der Waals surface area contributed by atoms with Gasteiger partial charge in [-0.05, 0) is 13.3 Å². The van der Waals surface area contributed by atoms with Gasteiger partial charge in [-0.15, -0.1) is 0 Å². The van der Waals surface area contributed by atoms with E-state index in [0.29, 0.717) is 0 Å². The predicted octanol–water partition coefficient (Wildman–Crippen LogP) is 2.21. The summed E-state index contributed by atoms with van der Waals surface area (Å²) in [5, 5.41) is 8.28. The fourth-order valence-corrected chi connectivity index (χ4v) is 0.786. The van der Waals surface area contributed by atoms with Crippen LogP contribution < -0.4 is 0 Å². The zero-order valence-corrected chi connectivity index (χ0v) is 7.80. The number of rotatable bonds is 6. The third-order valence-electron chi connectivity index (χ3n) is 1.55. The van der Waals surface area contributed by atoms with E-state index in [4.69, 9.17) is 9.84 Å². The van der Waals surface area contributed by atoms with Crippen molar-refractivity contribution in [2.24, 2.45) is 0 Å². The first kappa shape index (κ1) is 13.2. The molecule has 3 nitrogen and oxygen atoms in total. The number of hydrogen-bond donors (Lipinski definition) is 1. The smallest absolute Gasteiger partial charge is 0.391 e. The Morgan fingerprint density at radius 2 is 2.07 bits per heavy atom. The Morgan fingerprint density at radius 1 is 1.50 bits per heavy atom. The summed E-state index contributed by atoms with van der Waals surface area (Å²) in [6.07, 6.45) is -5.52. The van der Waals surface area contributed by atoms with E-state index in [1.807, 2.05) is 0 Å². The van der Waals surface area contributed by atoms with E-state index in [-0.39, 0.29) is 12.8 Å². The van der Waals surface area contributed by atoms with Crippen molar-refractivity contribution in [3.8, 4) is 0 Å². The molecule has 0 radical (unpaired) electrons. The second-order valence-corrected chi connectivity index (χ2v) is 2.98. The topological polar surface area (TPSA) is 46.5 Å². The maximum absolute atomic E-state index is 11.6. The molecule has 0 rings (SSSR count). The van der Waals surface area contributed by atoms with Crippen LogP contribution in [0.2, 0.25) is 0 Å². The molecule has 0 heterocycles. The van der Waals surface area contributed by atoms with Crippen molar-refractivity contribution < 1.29 is 27.8 Å². The lowest BCUT2D eigenvalue weighted by atomic mass is 10.2. The molecular formula is C8H13F3O3. The Hall–Kier alpha value is -0.780. The summed E-state index contributed by atoms with van der Waals surface area (Å²) < 4.78 is 39.7. The highest BCUT2D eigenvalue weighted by Gasteiger charge is 2.26. The second kappa shape index (κ2) is 5.85. The molecule has 0 aromatic carbocycles. The summed E-state index contributed by atoms with van der Waals surface area (Å²) in [6.45, 7) is 1.14. The van der Waals surface area contributed by atoms with Gasteiger partial charge in [0.15, 0.2) is 0 Å². The first-order valence-corrected chi connectivity index (χ1v) is 4.21. The minimum Gasteiger partial charge on any atom is -0.481 e. The van der Waals surface area contributed by atoms with Gasteiger partial charge in [0, 0.05) is 6.42 Å². The Bertz CT molecular complexity index is 179. The van der Waals surface area contributed by atoms with E-state index in [0.717, 1.165) is 0 Å². The highest BCUT2D eigenvalue weighted by Crippen LogP contribution is 2.19. The average Bonchev–Trinajstić information content (AvgIpc) is 1.98. The van der Waals surface area contributed by atoms with Crippen molar-refractivity contribution >= 4 is 5.97 Å². The van der Waals surface area contributed by atoms with Crippen molar-refractivity contribution in [3.05, 3.63) is 0 Å². The van der Waals surface area contributed by atoms with Crippen LogP contribution in [-0.4, -0.2) is 30.0 Å². The largest absolute Gasteiger partial charge is 0.481 e. The Morgan fingerprint density at radius 3 is 2.50 bits per heavy atom. The monoisotopic (exact) mass is 214 g/mol. The summed E-state index contributed by atoms with van der Waals surface area (Å²) in [7, 11) is 0. The van der Waals surface area contributed by atoms with Gasteiger partial charge in [-0.2, -0.15) is 13.2 Å². The molecule has 1 N–H and O–H groups in total. The third kappa shape index (κ3) is 9.31. The molecule has 0 aromatic rings. The minimum absolute atomic E-state index is 0.0901. The van der Waals surface area contributed by atoms with Crippen molar-refractivity contribution in [1.82, 2.24) is 0 Å². The van der Waals surface area contributed by atoms with E-state index < -0.39 is 31.3 Å². The van der Waals surface area contributed by atoms with Gasteiger partial charge in [-0.25, -0.2) is 0 Å². The lowest BCUT2D eigenvalue weighted by Gasteiger charge is -2.12. The molecule has 0 bridgehead atoms. The maximum Gasteiger partial charge on any atom is 0.391 e. The molecule has 0 saturated carbocycles. The zero-order chi connectivity index (χ0) is 11.2. The van der Waals surface area contributed by atoms with Gasteiger partial charge in [0.05, 0.1) is 19.1 Å². The summed E-state index contributed by atoms with van der Waals surface area (Å²) in [5.41, 5.74) is 0. The van der Waals surface area contributed by atoms with Crippen LogP contribution in [0.25, 0.3) is 0 Å². The summed E-state index contributed by atoms with van der Waals surface area (Å²) >= 11 is 0. The second-order valence-electron chi connectivity index (χ2n) is 2.98. The Labute approximate surface area is 79.9 Å². The maximum atomic E-state index is 11.6. The summed E-state index contributed by atoms with van der Waals surface area (Å²) in [6, 6.07) is 0. The van der Waals surface area contributed by atoms with Crippen LogP contribution in [0.15, 0.2) is 0 Å². The summed E-state index contributed by atoms with van der Waals surface area (Å²) in [5.74, 6) is -0.976. The van der Waals surface area contributed by atoms with Gasteiger partial charge in [-0.3, -0.25) is 4.79 Å². The molecule has 6 heteroatoms. The lowest BCUT2D eigenvalue weighted by molar-refractivity contribution is -0.150. The standard InChI is InChI=1S/C8H13F3O3/c1-6(2-3-7(12)13)14-5-4-8(9,10)11/h6H,2-5H2,1H3,(H,12,13). The molecule has 84 valence electrons. The van der Waals surface area contributed by atoms with E-state index in [2.05, 4.69) is 0 Å². The van der Waals surface area contributed by atoms with Gasteiger partial charge < -0.3 is 9.84 Å². The zero-order valence-electron chi connectivity index (χ0n) is 7.80. The summed E-state index contributed by atoms with van der Waals surface area (Å²) in [4.78, 5) is 10.1. The molecule has 0 aliphatic heterocycles. The Kier molecular flexibility index (Phi) is 5.52. The molecular weight excluding hydrogens is 201 g/mol. The number of carbonyl (C=O) groups is 1. The van der Waals surface area contributed by atoms with Crippen LogP contribution in [0.5, 0.6) is 0 Å². The molecule has 0 aliphatic carbocycles. The Balaban J connectivity index is 3.45. The molecule has 1 unspecified atom stereocenters. The average molecular weight is 214 g/mol. The fraction of sp³-hybridized carbons (Fsp3) is 0.875. The number of halogens is 3.